The lowest BCUT2D eigenvalue weighted by Crippen LogP contribution is -2.43. The number of nitrogens with one attached hydrogen (secondary N) is 1. The quantitative estimate of drug-likeness (QED) is 0.827. The number of hydrogen-bond donors (Lipinski definition) is 2. The normalized spacial score (nSPS) is 15.4. The Morgan fingerprint density at radius 2 is 1.92 bits per heavy atom. The van der Waals surface area contributed by atoms with Gasteiger partial charge >= 0.3 is 0 Å². The molecule has 6 heteroatoms. The zero-order chi connectivity index (χ0) is 18.5. The molecule has 2 aromatic carbocycles. The van der Waals surface area contributed by atoms with E-state index in [1.54, 1.807) is 24.3 Å². The number of anilines is 1. The second-order valence-electron chi connectivity index (χ2n) is 6.54. The van der Waals surface area contributed by atoms with Crippen molar-refractivity contribution in [3.8, 4) is 11.8 Å². The van der Waals surface area contributed by atoms with Gasteiger partial charge in [0.25, 0.3) is 5.91 Å². The summed E-state index contributed by atoms with van der Waals surface area (Å²) in [5.74, 6) is -0.259. The highest BCUT2D eigenvalue weighted by Gasteiger charge is 2.17. The summed E-state index contributed by atoms with van der Waals surface area (Å²) in [4.78, 5) is 17.0. The van der Waals surface area contributed by atoms with Gasteiger partial charge in [0.1, 0.15) is 5.75 Å². The number of nitrogens with zero attached hydrogens (tertiary/aromatic N) is 3. The fourth-order valence-electron chi connectivity index (χ4n) is 2.99. The van der Waals surface area contributed by atoms with Crippen LogP contribution in [-0.2, 0) is 6.54 Å². The average molecular weight is 350 g/mol. The van der Waals surface area contributed by atoms with E-state index in [0.717, 1.165) is 31.7 Å². The summed E-state index contributed by atoms with van der Waals surface area (Å²) in [6, 6.07) is 13.9. The Balaban J connectivity index is 1.72. The van der Waals surface area contributed by atoms with Crippen LogP contribution in [0.3, 0.4) is 0 Å². The fraction of sp³-hybridized carbons (Fsp3) is 0.300. The summed E-state index contributed by atoms with van der Waals surface area (Å²) in [5.41, 5.74) is 1.97. The summed E-state index contributed by atoms with van der Waals surface area (Å²) in [7, 11) is 2.10. The minimum Gasteiger partial charge on any atom is -0.505 e. The van der Waals surface area contributed by atoms with Crippen molar-refractivity contribution in [3.05, 3.63) is 59.2 Å². The highest BCUT2D eigenvalue weighted by molar-refractivity contribution is 6.05. The van der Waals surface area contributed by atoms with E-state index < -0.39 is 0 Å². The number of carbonyl (C=O) groups excluding carboxylic acids is 1. The van der Waals surface area contributed by atoms with Gasteiger partial charge in [-0.1, -0.05) is 18.2 Å². The van der Waals surface area contributed by atoms with E-state index in [1.807, 2.05) is 18.2 Å². The molecular formula is C20H22N4O2. The second kappa shape index (κ2) is 8.00. The molecule has 0 radical (unpaired) electrons. The molecule has 1 aliphatic rings. The molecule has 0 saturated carbocycles. The van der Waals surface area contributed by atoms with Crippen LogP contribution in [0.1, 0.15) is 21.5 Å². The van der Waals surface area contributed by atoms with Crippen LogP contribution in [-0.4, -0.2) is 54.0 Å². The van der Waals surface area contributed by atoms with E-state index in [2.05, 4.69) is 22.2 Å². The van der Waals surface area contributed by atoms with Crippen LogP contribution in [0.4, 0.5) is 5.69 Å². The van der Waals surface area contributed by atoms with Crippen molar-refractivity contribution < 1.29 is 9.90 Å². The number of hydrogen-bond acceptors (Lipinski definition) is 5. The third-order valence-corrected chi connectivity index (χ3v) is 4.61. The maximum Gasteiger partial charge on any atom is 0.255 e. The molecule has 0 atom stereocenters. The molecule has 1 fully saturated rings. The van der Waals surface area contributed by atoms with E-state index in [9.17, 15) is 9.90 Å². The van der Waals surface area contributed by atoms with Crippen LogP contribution >= 0.6 is 0 Å². The van der Waals surface area contributed by atoms with Gasteiger partial charge in [-0.2, -0.15) is 5.26 Å². The van der Waals surface area contributed by atoms with Crippen LogP contribution in [0.15, 0.2) is 42.5 Å². The number of rotatable bonds is 4. The van der Waals surface area contributed by atoms with Crippen molar-refractivity contribution in [1.82, 2.24) is 9.80 Å². The summed E-state index contributed by atoms with van der Waals surface area (Å²) < 4.78 is 0. The van der Waals surface area contributed by atoms with E-state index in [0.29, 0.717) is 23.4 Å². The molecule has 0 aliphatic carbocycles. The first-order chi connectivity index (χ1) is 12.6. The summed E-state index contributed by atoms with van der Waals surface area (Å²) in [6.07, 6.45) is 0. The number of carbonyl (C=O) groups is 1. The first kappa shape index (κ1) is 17.9. The molecule has 6 nitrogen and oxygen atoms in total. The lowest BCUT2D eigenvalue weighted by Gasteiger charge is -2.32. The van der Waals surface area contributed by atoms with Gasteiger partial charge < -0.3 is 15.3 Å². The first-order valence-electron chi connectivity index (χ1n) is 8.60. The smallest absolute Gasteiger partial charge is 0.255 e. The van der Waals surface area contributed by atoms with Gasteiger partial charge in [0.15, 0.2) is 0 Å². The Bertz CT molecular complexity index is 836. The standard InChI is InChI=1S/C20H22N4O2/c1-23-8-10-24(11-9-23)14-17-6-3-7-18(19(17)25)22-20(26)16-5-2-4-15(12-16)13-21/h2-7,12,25H,8-11,14H2,1H3,(H,22,26). The minimum atomic E-state index is -0.353. The molecule has 0 aromatic heterocycles. The molecule has 1 saturated heterocycles. The van der Waals surface area contributed by atoms with Crippen molar-refractivity contribution in [1.29, 1.82) is 5.26 Å². The molecule has 0 spiro atoms. The number of nitriles is 1. The van der Waals surface area contributed by atoms with E-state index in [-0.39, 0.29) is 11.7 Å². The number of benzene rings is 2. The van der Waals surface area contributed by atoms with Gasteiger partial charge in [-0.25, -0.2) is 0 Å². The Kier molecular flexibility index (Phi) is 5.52. The minimum absolute atomic E-state index is 0.0937. The van der Waals surface area contributed by atoms with Crippen LogP contribution in [0.25, 0.3) is 0 Å². The van der Waals surface area contributed by atoms with Crippen LogP contribution < -0.4 is 5.32 Å². The molecule has 1 amide bonds. The number of para-hydroxylation sites is 1. The Hall–Kier alpha value is -2.88. The number of aromatic hydroxyl groups is 1. The zero-order valence-electron chi connectivity index (χ0n) is 14.8. The topological polar surface area (TPSA) is 79.6 Å². The molecule has 134 valence electrons. The predicted octanol–water partition coefficient (Wildman–Crippen LogP) is 2.26. The largest absolute Gasteiger partial charge is 0.505 e. The summed E-state index contributed by atoms with van der Waals surface area (Å²) in [6.45, 7) is 4.56. The third-order valence-electron chi connectivity index (χ3n) is 4.61. The number of phenolic OH excluding ortho intramolecular Hbond substituents is 1. The zero-order valence-corrected chi connectivity index (χ0v) is 14.8. The van der Waals surface area contributed by atoms with Crippen molar-refractivity contribution >= 4 is 11.6 Å². The molecule has 0 bridgehead atoms. The highest BCUT2D eigenvalue weighted by atomic mass is 16.3. The second-order valence-corrected chi connectivity index (χ2v) is 6.54. The molecule has 2 N–H and O–H groups in total. The van der Waals surface area contributed by atoms with Gasteiger partial charge in [-0.05, 0) is 31.3 Å². The average Bonchev–Trinajstić information content (AvgIpc) is 2.66. The molecule has 0 unspecified atom stereocenters. The summed E-state index contributed by atoms with van der Waals surface area (Å²) in [5, 5.41) is 22.3. The van der Waals surface area contributed by atoms with Gasteiger partial charge in [0.2, 0.25) is 0 Å². The van der Waals surface area contributed by atoms with Gasteiger partial charge in [0.05, 0.1) is 17.3 Å². The summed E-state index contributed by atoms with van der Waals surface area (Å²) >= 11 is 0. The lowest BCUT2D eigenvalue weighted by atomic mass is 10.1. The maximum absolute atomic E-state index is 12.4. The molecule has 2 aromatic rings. The molecule has 1 heterocycles. The molecule has 1 aliphatic heterocycles. The SMILES string of the molecule is CN1CCN(Cc2cccc(NC(=O)c3cccc(C#N)c3)c2O)CC1. The van der Waals surface area contributed by atoms with Gasteiger partial charge in [-0.15, -0.1) is 0 Å². The maximum atomic E-state index is 12.4. The van der Waals surface area contributed by atoms with Crippen LogP contribution in [0.2, 0.25) is 0 Å². The van der Waals surface area contributed by atoms with E-state index in [4.69, 9.17) is 5.26 Å². The number of piperazine rings is 1. The third kappa shape index (κ3) is 4.20. The van der Waals surface area contributed by atoms with Crippen molar-refractivity contribution in [3.63, 3.8) is 0 Å². The molecule has 3 rings (SSSR count). The predicted molar refractivity (Wildman–Crippen MR) is 100.0 cm³/mol. The lowest BCUT2D eigenvalue weighted by molar-refractivity contribution is 0.102. The number of likely N-dealkylation sites (N-methyl/N-ethyl adjacent to an activating group) is 1. The van der Waals surface area contributed by atoms with E-state index in [1.165, 1.54) is 6.07 Å². The van der Waals surface area contributed by atoms with Crippen LogP contribution in [0.5, 0.6) is 5.75 Å². The van der Waals surface area contributed by atoms with E-state index >= 15 is 0 Å². The molecule has 26 heavy (non-hydrogen) atoms. The van der Waals surface area contributed by atoms with Gasteiger partial charge in [-0.3, -0.25) is 9.69 Å². The molecular weight excluding hydrogens is 328 g/mol. The Labute approximate surface area is 153 Å². The first-order valence-corrected chi connectivity index (χ1v) is 8.60. The van der Waals surface area contributed by atoms with Crippen molar-refractivity contribution in [2.75, 3.05) is 38.5 Å². The number of amides is 1. The number of phenols is 1. The highest BCUT2D eigenvalue weighted by Crippen LogP contribution is 2.29. The van der Waals surface area contributed by atoms with Gasteiger partial charge in [0, 0.05) is 43.9 Å². The Morgan fingerprint density at radius 3 is 2.65 bits per heavy atom. The van der Waals surface area contributed by atoms with Crippen molar-refractivity contribution in [2.45, 2.75) is 6.54 Å². The monoisotopic (exact) mass is 350 g/mol. The fourth-order valence-corrected chi connectivity index (χ4v) is 2.99. The Morgan fingerprint density at radius 1 is 1.19 bits per heavy atom. The van der Waals surface area contributed by atoms with Crippen LogP contribution in [0, 0.1) is 11.3 Å². The van der Waals surface area contributed by atoms with Crippen molar-refractivity contribution in [2.24, 2.45) is 0 Å².